The van der Waals surface area contributed by atoms with E-state index in [2.05, 4.69) is 11.1 Å². The van der Waals surface area contributed by atoms with Crippen LogP contribution in [0.25, 0.3) is 11.0 Å². The SMILES string of the molecule is CC(=O)Cn1c(CC#N)nc2ccccc21. The fourth-order valence-corrected chi connectivity index (χ4v) is 1.73. The number of carbonyl (C=O) groups excluding carboxylic acids is 1. The summed E-state index contributed by atoms with van der Waals surface area (Å²) in [5.74, 6) is 0.709. The minimum Gasteiger partial charge on any atom is -0.320 e. The summed E-state index contributed by atoms with van der Waals surface area (Å²) < 4.78 is 1.81. The molecule has 0 saturated heterocycles. The Hall–Kier alpha value is -2.15. The van der Waals surface area contributed by atoms with Crippen LogP contribution in [0.4, 0.5) is 0 Å². The highest BCUT2D eigenvalue weighted by molar-refractivity contribution is 5.80. The lowest BCUT2D eigenvalue weighted by Crippen LogP contribution is -2.09. The third-order valence-corrected chi connectivity index (χ3v) is 2.35. The van der Waals surface area contributed by atoms with Crippen molar-refractivity contribution in [2.24, 2.45) is 0 Å². The van der Waals surface area contributed by atoms with Crippen molar-refractivity contribution in [2.75, 3.05) is 0 Å². The van der Waals surface area contributed by atoms with E-state index < -0.39 is 0 Å². The second-order valence-electron chi connectivity index (χ2n) is 3.64. The van der Waals surface area contributed by atoms with E-state index in [0.29, 0.717) is 5.82 Å². The zero-order valence-electron chi connectivity index (χ0n) is 8.97. The molecule has 0 unspecified atom stereocenters. The molecule has 1 aromatic carbocycles. The van der Waals surface area contributed by atoms with Gasteiger partial charge >= 0.3 is 0 Å². The van der Waals surface area contributed by atoms with Gasteiger partial charge < -0.3 is 4.57 Å². The number of Topliss-reactive ketones (excluding diaryl/α,β-unsaturated/α-hetero) is 1. The molecule has 0 aliphatic rings. The van der Waals surface area contributed by atoms with Gasteiger partial charge in [0.15, 0.2) is 0 Å². The third kappa shape index (κ3) is 1.80. The molecule has 2 rings (SSSR count). The molecule has 0 amide bonds. The van der Waals surface area contributed by atoms with Crippen molar-refractivity contribution in [2.45, 2.75) is 19.9 Å². The van der Waals surface area contributed by atoms with E-state index in [1.54, 1.807) is 4.57 Å². The molecule has 1 aromatic heterocycles. The summed E-state index contributed by atoms with van der Waals surface area (Å²) in [4.78, 5) is 15.5. The number of fused-ring (bicyclic) bond motifs is 1. The van der Waals surface area contributed by atoms with E-state index in [4.69, 9.17) is 5.26 Å². The molecule has 0 atom stereocenters. The number of hydrogen-bond acceptors (Lipinski definition) is 3. The second-order valence-corrected chi connectivity index (χ2v) is 3.64. The number of aromatic nitrogens is 2. The largest absolute Gasteiger partial charge is 0.320 e. The Morgan fingerprint density at radius 2 is 2.25 bits per heavy atom. The highest BCUT2D eigenvalue weighted by Gasteiger charge is 2.10. The van der Waals surface area contributed by atoms with Gasteiger partial charge in [-0.15, -0.1) is 0 Å². The zero-order valence-corrected chi connectivity index (χ0v) is 8.97. The maximum absolute atomic E-state index is 11.2. The van der Waals surface area contributed by atoms with Crippen LogP contribution in [0.1, 0.15) is 12.7 Å². The Balaban J connectivity index is 2.60. The van der Waals surface area contributed by atoms with Gasteiger partial charge in [-0.2, -0.15) is 5.26 Å². The fraction of sp³-hybridized carbons (Fsp3) is 0.250. The predicted molar refractivity (Wildman–Crippen MR) is 59.7 cm³/mol. The first-order chi connectivity index (χ1) is 7.72. The molecule has 0 aliphatic heterocycles. The number of rotatable bonds is 3. The molecule has 2 aromatic rings. The fourth-order valence-electron chi connectivity index (χ4n) is 1.73. The number of carbonyl (C=O) groups is 1. The summed E-state index contributed by atoms with van der Waals surface area (Å²) in [6, 6.07) is 9.65. The van der Waals surface area contributed by atoms with E-state index >= 15 is 0 Å². The number of nitriles is 1. The molecule has 0 N–H and O–H groups in total. The van der Waals surface area contributed by atoms with Crippen LogP contribution < -0.4 is 0 Å². The summed E-state index contributed by atoms with van der Waals surface area (Å²) in [6.07, 6.45) is 0.224. The smallest absolute Gasteiger partial charge is 0.149 e. The number of benzene rings is 1. The predicted octanol–water partition coefficient (Wildman–Crippen LogP) is 1.69. The van der Waals surface area contributed by atoms with Crippen LogP contribution in [0.15, 0.2) is 24.3 Å². The lowest BCUT2D eigenvalue weighted by atomic mass is 10.3. The standard InChI is InChI=1S/C12H11N3O/c1-9(16)8-15-11-5-3-2-4-10(11)14-12(15)6-7-13/h2-5H,6,8H2,1H3. The Morgan fingerprint density at radius 3 is 2.94 bits per heavy atom. The lowest BCUT2D eigenvalue weighted by Gasteiger charge is -2.03. The van der Waals surface area contributed by atoms with E-state index in [1.807, 2.05) is 24.3 Å². The normalized spacial score (nSPS) is 10.2. The number of nitrogens with zero attached hydrogens (tertiary/aromatic N) is 3. The number of imidazole rings is 1. The van der Waals surface area contributed by atoms with Crippen LogP contribution in [-0.4, -0.2) is 15.3 Å². The van der Waals surface area contributed by atoms with E-state index in [0.717, 1.165) is 11.0 Å². The minimum atomic E-state index is 0.0577. The molecule has 4 heteroatoms. The van der Waals surface area contributed by atoms with Crippen molar-refractivity contribution in [3.8, 4) is 6.07 Å². The van der Waals surface area contributed by atoms with Crippen LogP contribution in [0.2, 0.25) is 0 Å². The second kappa shape index (κ2) is 4.15. The molecule has 0 fully saturated rings. The van der Waals surface area contributed by atoms with Crippen molar-refractivity contribution < 1.29 is 4.79 Å². The van der Waals surface area contributed by atoms with Crippen molar-refractivity contribution in [1.29, 1.82) is 5.26 Å². The van der Waals surface area contributed by atoms with E-state index in [-0.39, 0.29) is 18.7 Å². The van der Waals surface area contributed by atoms with Gasteiger partial charge in [0.25, 0.3) is 0 Å². The molecule has 0 spiro atoms. The van der Waals surface area contributed by atoms with Crippen LogP contribution in [0.5, 0.6) is 0 Å². The summed E-state index contributed by atoms with van der Waals surface area (Å²) >= 11 is 0. The molecule has 0 radical (unpaired) electrons. The summed E-state index contributed by atoms with van der Waals surface area (Å²) in [7, 11) is 0. The topological polar surface area (TPSA) is 58.7 Å². The van der Waals surface area contributed by atoms with E-state index in [1.165, 1.54) is 6.92 Å². The molecule has 16 heavy (non-hydrogen) atoms. The first kappa shape index (κ1) is 10.4. The molecule has 1 heterocycles. The Kier molecular flexibility index (Phi) is 2.69. The van der Waals surface area contributed by atoms with Crippen LogP contribution >= 0.6 is 0 Å². The van der Waals surface area contributed by atoms with Crippen LogP contribution in [-0.2, 0) is 17.8 Å². The van der Waals surface area contributed by atoms with Gasteiger partial charge in [0.1, 0.15) is 11.6 Å². The molecule has 0 bridgehead atoms. The first-order valence-corrected chi connectivity index (χ1v) is 5.03. The molecule has 80 valence electrons. The molecule has 0 aliphatic carbocycles. The van der Waals surface area contributed by atoms with Gasteiger partial charge in [0.05, 0.1) is 30.1 Å². The highest BCUT2D eigenvalue weighted by atomic mass is 16.1. The molecular formula is C12H11N3O. The Bertz CT molecular complexity index is 577. The molecule has 0 saturated carbocycles. The van der Waals surface area contributed by atoms with Crippen molar-refractivity contribution in [3.63, 3.8) is 0 Å². The Labute approximate surface area is 93.1 Å². The first-order valence-electron chi connectivity index (χ1n) is 5.03. The zero-order chi connectivity index (χ0) is 11.5. The maximum atomic E-state index is 11.2. The maximum Gasteiger partial charge on any atom is 0.149 e. The third-order valence-electron chi connectivity index (χ3n) is 2.35. The highest BCUT2D eigenvalue weighted by Crippen LogP contribution is 2.16. The van der Waals surface area contributed by atoms with Crippen LogP contribution in [0.3, 0.4) is 0 Å². The average molecular weight is 213 g/mol. The van der Waals surface area contributed by atoms with Gasteiger partial charge in [-0.3, -0.25) is 4.79 Å². The molecule has 4 nitrogen and oxygen atoms in total. The van der Waals surface area contributed by atoms with Gasteiger partial charge in [-0.05, 0) is 19.1 Å². The quantitative estimate of drug-likeness (QED) is 0.779. The van der Waals surface area contributed by atoms with Crippen molar-refractivity contribution in [3.05, 3.63) is 30.1 Å². The van der Waals surface area contributed by atoms with Crippen molar-refractivity contribution in [1.82, 2.24) is 9.55 Å². The van der Waals surface area contributed by atoms with Crippen molar-refractivity contribution >= 4 is 16.8 Å². The minimum absolute atomic E-state index is 0.0577. The van der Waals surface area contributed by atoms with Gasteiger partial charge in [0, 0.05) is 0 Å². The molecular weight excluding hydrogens is 202 g/mol. The van der Waals surface area contributed by atoms with E-state index in [9.17, 15) is 4.79 Å². The number of ketones is 1. The average Bonchev–Trinajstić information content (AvgIpc) is 2.57. The summed E-state index contributed by atoms with van der Waals surface area (Å²) in [5, 5.41) is 8.72. The van der Waals surface area contributed by atoms with Gasteiger partial charge in [-0.25, -0.2) is 4.98 Å². The van der Waals surface area contributed by atoms with Gasteiger partial charge in [0.2, 0.25) is 0 Å². The summed E-state index contributed by atoms with van der Waals surface area (Å²) in [6.45, 7) is 1.81. The number of hydrogen-bond donors (Lipinski definition) is 0. The van der Waals surface area contributed by atoms with Gasteiger partial charge in [-0.1, -0.05) is 12.1 Å². The Morgan fingerprint density at radius 1 is 1.50 bits per heavy atom. The van der Waals surface area contributed by atoms with Crippen LogP contribution in [0, 0.1) is 11.3 Å². The summed E-state index contributed by atoms with van der Waals surface area (Å²) in [5.41, 5.74) is 1.73. The monoisotopic (exact) mass is 213 g/mol. The lowest BCUT2D eigenvalue weighted by molar-refractivity contribution is -0.117. The number of para-hydroxylation sites is 2.